The van der Waals surface area contributed by atoms with E-state index in [0.717, 1.165) is 18.6 Å². The summed E-state index contributed by atoms with van der Waals surface area (Å²) >= 11 is 0. The van der Waals surface area contributed by atoms with E-state index in [1.54, 1.807) is 18.3 Å². The smallest absolute Gasteiger partial charge is 0.336 e. The monoisotopic (exact) mass is 233 g/mol. The van der Waals surface area contributed by atoms with Crippen molar-refractivity contribution in [1.29, 1.82) is 0 Å². The van der Waals surface area contributed by atoms with Crippen LogP contribution in [0.25, 0.3) is 10.9 Å². The first-order chi connectivity index (χ1) is 8.09. The highest BCUT2D eigenvalue weighted by Crippen LogP contribution is 2.18. The molecule has 1 aromatic carbocycles. The number of benzene rings is 1. The van der Waals surface area contributed by atoms with E-state index in [2.05, 4.69) is 10.00 Å². The molecule has 17 heavy (non-hydrogen) atoms. The highest BCUT2D eigenvalue weighted by molar-refractivity contribution is 6.02. The van der Waals surface area contributed by atoms with Gasteiger partial charge < -0.3 is 10.0 Å². The maximum absolute atomic E-state index is 11.0. The molecule has 0 aliphatic carbocycles. The summed E-state index contributed by atoms with van der Waals surface area (Å²) in [6.07, 6.45) is 1.62. The van der Waals surface area contributed by atoms with E-state index in [-0.39, 0.29) is 0 Å². The van der Waals surface area contributed by atoms with Crippen LogP contribution in [0.4, 0.5) is 0 Å². The number of carbonyl (C=O) groups is 1. The molecule has 1 N–H and O–H groups in total. The van der Waals surface area contributed by atoms with Gasteiger partial charge in [-0.15, -0.1) is 0 Å². The molecule has 1 aromatic heterocycles. The zero-order chi connectivity index (χ0) is 12.4. The number of rotatable bonds is 4. The van der Waals surface area contributed by atoms with Crippen LogP contribution in [0.2, 0.25) is 0 Å². The lowest BCUT2D eigenvalue weighted by atomic mass is 10.1. The summed E-state index contributed by atoms with van der Waals surface area (Å²) in [7, 11) is 3.99. The zero-order valence-electron chi connectivity index (χ0n) is 9.92. The second-order valence-electron chi connectivity index (χ2n) is 4.21. The quantitative estimate of drug-likeness (QED) is 0.864. The van der Waals surface area contributed by atoms with Gasteiger partial charge in [0.05, 0.1) is 23.8 Å². The second-order valence-corrected chi connectivity index (χ2v) is 4.21. The number of likely N-dealkylation sites (N-methyl/N-ethyl adjacent to an activating group) is 1. The topological polar surface area (TPSA) is 58.4 Å². The maximum atomic E-state index is 11.0. The Kier molecular flexibility index (Phi) is 3.10. The van der Waals surface area contributed by atoms with Gasteiger partial charge in [0, 0.05) is 11.9 Å². The SMILES string of the molecule is CN(C)CCn1ncc2c(C(=O)O)cccc21. The van der Waals surface area contributed by atoms with Gasteiger partial charge in [0.15, 0.2) is 0 Å². The fourth-order valence-electron chi connectivity index (χ4n) is 1.76. The average molecular weight is 233 g/mol. The standard InChI is InChI=1S/C12H15N3O2/c1-14(2)6-7-15-11-5-3-4-9(12(16)17)10(11)8-13-15/h3-5,8H,6-7H2,1-2H3,(H,16,17). The lowest BCUT2D eigenvalue weighted by Crippen LogP contribution is -2.18. The van der Waals surface area contributed by atoms with E-state index >= 15 is 0 Å². The first-order valence-electron chi connectivity index (χ1n) is 5.42. The largest absolute Gasteiger partial charge is 0.478 e. The normalized spacial score (nSPS) is 11.2. The molecule has 0 amide bonds. The Balaban J connectivity index is 2.40. The third kappa shape index (κ3) is 2.29. The van der Waals surface area contributed by atoms with Gasteiger partial charge in [-0.05, 0) is 26.2 Å². The van der Waals surface area contributed by atoms with Gasteiger partial charge in [-0.25, -0.2) is 4.79 Å². The summed E-state index contributed by atoms with van der Waals surface area (Å²) in [6.45, 7) is 1.62. The fourth-order valence-corrected chi connectivity index (χ4v) is 1.76. The Morgan fingerprint density at radius 3 is 2.88 bits per heavy atom. The van der Waals surface area contributed by atoms with Crippen LogP contribution in [-0.4, -0.2) is 46.4 Å². The predicted octanol–water partition coefficient (Wildman–Crippen LogP) is 1.30. The molecule has 0 radical (unpaired) electrons. The van der Waals surface area contributed by atoms with E-state index in [1.165, 1.54) is 0 Å². The van der Waals surface area contributed by atoms with Crippen LogP contribution < -0.4 is 0 Å². The van der Waals surface area contributed by atoms with Gasteiger partial charge in [0.2, 0.25) is 0 Å². The first-order valence-corrected chi connectivity index (χ1v) is 5.42. The van der Waals surface area contributed by atoms with Gasteiger partial charge in [-0.2, -0.15) is 5.10 Å². The molecule has 90 valence electrons. The molecule has 5 heteroatoms. The molecular formula is C12H15N3O2. The number of carboxylic acids is 1. The Hall–Kier alpha value is -1.88. The van der Waals surface area contributed by atoms with Crippen LogP contribution >= 0.6 is 0 Å². The Bertz CT molecular complexity index is 546. The summed E-state index contributed by atoms with van der Waals surface area (Å²) in [4.78, 5) is 13.1. The molecule has 2 rings (SSSR count). The van der Waals surface area contributed by atoms with E-state index in [1.807, 2.05) is 24.8 Å². The van der Waals surface area contributed by atoms with E-state index in [4.69, 9.17) is 5.11 Å². The number of hydrogen-bond acceptors (Lipinski definition) is 3. The predicted molar refractivity (Wildman–Crippen MR) is 65.2 cm³/mol. The molecule has 0 unspecified atom stereocenters. The molecule has 0 saturated heterocycles. The van der Waals surface area contributed by atoms with Gasteiger partial charge >= 0.3 is 5.97 Å². The van der Waals surface area contributed by atoms with Crippen LogP contribution in [0.3, 0.4) is 0 Å². The highest BCUT2D eigenvalue weighted by Gasteiger charge is 2.11. The molecule has 1 heterocycles. The number of carboxylic acid groups (broad SMARTS) is 1. The summed E-state index contributed by atoms with van der Waals surface area (Å²) in [5.41, 5.74) is 1.17. The Morgan fingerprint density at radius 1 is 1.47 bits per heavy atom. The zero-order valence-corrected chi connectivity index (χ0v) is 9.92. The molecule has 0 saturated carbocycles. The Labute approximate surface area is 99.3 Å². The fraction of sp³-hybridized carbons (Fsp3) is 0.333. The van der Waals surface area contributed by atoms with Crippen LogP contribution in [0.5, 0.6) is 0 Å². The minimum absolute atomic E-state index is 0.304. The minimum atomic E-state index is -0.914. The second kappa shape index (κ2) is 4.55. The molecule has 2 aromatic rings. The van der Waals surface area contributed by atoms with Crippen molar-refractivity contribution < 1.29 is 9.90 Å². The van der Waals surface area contributed by atoms with Crippen molar-refractivity contribution in [3.05, 3.63) is 30.0 Å². The third-order valence-corrected chi connectivity index (χ3v) is 2.68. The molecular weight excluding hydrogens is 218 g/mol. The van der Waals surface area contributed by atoms with Crippen LogP contribution in [0.1, 0.15) is 10.4 Å². The Morgan fingerprint density at radius 2 is 2.24 bits per heavy atom. The minimum Gasteiger partial charge on any atom is -0.478 e. The lowest BCUT2D eigenvalue weighted by Gasteiger charge is -2.09. The van der Waals surface area contributed by atoms with Crippen LogP contribution in [0, 0.1) is 0 Å². The molecule has 0 atom stereocenters. The van der Waals surface area contributed by atoms with Gasteiger partial charge in [0.1, 0.15) is 0 Å². The van der Waals surface area contributed by atoms with Crippen molar-refractivity contribution in [2.75, 3.05) is 20.6 Å². The molecule has 0 aliphatic rings. The summed E-state index contributed by atoms with van der Waals surface area (Å²) < 4.78 is 1.84. The summed E-state index contributed by atoms with van der Waals surface area (Å²) in [5.74, 6) is -0.914. The van der Waals surface area contributed by atoms with Crippen molar-refractivity contribution in [3.8, 4) is 0 Å². The average Bonchev–Trinajstić information content (AvgIpc) is 2.68. The van der Waals surface area contributed by atoms with Gasteiger partial charge in [-0.1, -0.05) is 6.07 Å². The van der Waals surface area contributed by atoms with Crippen molar-refractivity contribution >= 4 is 16.9 Å². The molecule has 5 nitrogen and oxygen atoms in total. The highest BCUT2D eigenvalue weighted by atomic mass is 16.4. The van der Waals surface area contributed by atoms with E-state index in [9.17, 15) is 4.79 Å². The summed E-state index contributed by atoms with van der Waals surface area (Å²) in [6, 6.07) is 5.24. The number of aromatic nitrogens is 2. The molecule has 0 bridgehead atoms. The van der Waals surface area contributed by atoms with Gasteiger partial charge in [0.25, 0.3) is 0 Å². The lowest BCUT2D eigenvalue weighted by molar-refractivity contribution is 0.0699. The van der Waals surface area contributed by atoms with E-state index in [0.29, 0.717) is 10.9 Å². The van der Waals surface area contributed by atoms with Crippen molar-refractivity contribution in [2.24, 2.45) is 0 Å². The van der Waals surface area contributed by atoms with Crippen LogP contribution in [-0.2, 0) is 6.54 Å². The summed E-state index contributed by atoms with van der Waals surface area (Å²) in [5, 5.41) is 14.0. The molecule has 0 fully saturated rings. The number of hydrogen-bond donors (Lipinski definition) is 1. The molecule has 0 aliphatic heterocycles. The number of nitrogens with zero attached hydrogens (tertiary/aromatic N) is 3. The maximum Gasteiger partial charge on any atom is 0.336 e. The van der Waals surface area contributed by atoms with Crippen molar-refractivity contribution in [2.45, 2.75) is 6.54 Å². The number of aromatic carboxylic acids is 1. The first kappa shape index (κ1) is 11.6. The third-order valence-electron chi connectivity index (χ3n) is 2.68. The van der Waals surface area contributed by atoms with Crippen molar-refractivity contribution in [3.63, 3.8) is 0 Å². The molecule has 0 spiro atoms. The number of fused-ring (bicyclic) bond motifs is 1. The van der Waals surface area contributed by atoms with Crippen molar-refractivity contribution in [1.82, 2.24) is 14.7 Å². The van der Waals surface area contributed by atoms with Crippen LogP contribution in [0.15, 0.2) is 24.4 Å². The van der Waals surface area contributed by atoms with E-state index < -0.39 is 5.97 Å². The van der Waals surface area contributed by atoms with Gasteiger partial charge in [-0.3, -0.25) is 4.68 Å².